The van der Waals surface area contributed by atoms with Crippen molar-refractivity contribution in [2.45, 2.75) is 6.92 Å². The van der Waals surface area contributed by atoms with Crippen molar-refractivity contribution in [1.29, 1.82) is 0 Å². The molecule has 0 saturated heterocycles. The van der Waals surface area contributed by atoms with Gasteiger partial charge in [0.1, 0.15) is 4.47 Å². The molecule has 0 saturated carbocycles. The molecule has 0 spiro atoms. The molecule has 1 rings (SSSR count). The second-order valence-corrected chi connectivity index (χ2v) is 3.50. The number of benzene rings is 1. The summed E-state index contributed by atoms with van der Waals surface area (Å²) in [5, 5.41) is 10.5. The number of rotatable bonds is 2. The standard InChI is InChI=1S/C8H7BrN2O3/c1-4-2-3-5(11(13)14)7(9)6(4)8(10)12/h2-3H,1H3,(H2,10,12). The van der Waals surface area contributed by atoms with Crippen LogP contribution in [-0.4, -0.2) is 10.8 Å². The Balaban J connectivity index is 3.49. The lowest BCUT2D eigenvalue weighted by molar-refractivity contribution is -0.385. The van der Waals surface area contributed by atoms with E-state index in [-0.39, 0.29) is 15.7 Å². The maximum Gasteiger partial charge on any atom is 0.284 e. The average Bonchev–Trinajstić information content (AvgIpc) is 2.02. The fourth-order valence-corrected chi connectivity index (χ4v) is 1.89. The van der Waals surface area contributed by atoms with Gasteiger partial charge in [-0.15, -0.1) is 0 Å². The highest BCUT2D eigenvalue weighted by molar-refractivity contribution is 9.10. The van der Waals surface area contributed by atoms with Crippen molar-refractivity contribution >= 4 is 27.5 Å². The van der Waals surface area contributed by atoms with Crippen molar-refractivity contribution < 1.29 is 9.72 Å². The summed E-state index contributed by atoms with van der Waals surface area (Å²) >= 11 is 2.99. The highest BCUT2D eigenvalue weighted by Crippen LogP contribution is 2.30. The molecular formula is C8H7BrN2O3. The summed E-state index contributed by atoms with van der Waals surface area (Å²) < 4.78 is 0.134. The number of carbonyl (C=O) groups excluding carboxylic acids is 1. The number of nitrogens with two attached hydrogens (primary N) is 1. The first kappa shape index (κ1) is 10.6. The quantitative estimate of drug-likeness (QED) is 0.648. The van der Waals surface area contributed by atoms with Crippen molar-refractivity contribution in [3.8, 4) is 0 Å². The van der Waals surface area contributed by atoms with Crippen LogP contribution < -0.4 is 5.73 Å². The smallest absolute Gasteiger partial charge is 0.284 e. The molecule has 6 heteroatoms. The number of amides is 1. The molecule has 74 valence electrons. The molecule has 0 atom stereocenters. The van der Waals surface area contributed by atoms with E-state index < -0.39 is 10.8 Å². The number of carbonyl (C=O) groups is 1. The first-order valence-corrected chi connectivity index (χ1v) is 4.47. The normalized spacial score (nSPS) is 9.86. The molecular weight excluding hydrogens is 252 g/mol. The van der Waals surface area contributed by atoms with Crippen LogP contribution >= 0.6 is 15.9 Å². The van der Waals surface area contributed by atoms with E-state index in [1.165, 1.54) is 12.1 Å². The van der Waals surface area contributed by atoms with Gasteiger partial charge in [-0.25, -0.2) is 0 Å². The molecule has 0 aliphatic carbocycles. The fraction of sp³-hybridized carbons (Fsp3) is 0.125. The number of halogens is 1. The lowest BCUT2D eigenvalue weighted by Gasteiger charge is -2.04. The van der Waals surface area contributed by atoms with E-state index in [0.29, 0.717) is 5.56 Å². The molecule has 0 fully saturated rings. The van der Waals surface area contributed by atoms with Crippen LogP contribution in [0.3, 0.4) is 0 Å². The van der Waals surface area contributed by atoms with Crippen LogP contribution in [0.4, 0.5) is 5.69 Å². The maximum absolute atomic E-state index is 11.0. The molecule has 5 nitrogen and oxygen atoms in total. The molecule has 1 amide bonds. The van der Waals surface area contributed by atoms with E-state index in [1.807, 2.05) is 0 Å². The minimum atomic E-state index is -0.682. The zero-order valence-electron chi connectivity index (χ0n) is 7.28. The molecule has 0 aromatic heterocycles. The van der Waals surface area contributed by atoms with Crippen molar-refractivity contribution in [3.63, 3.8) is 0 Å². The van der Waals surface area contributed by atoms with Crippen LogP contribution in [0.2, 0.25) is 0 Å². The molecule has 0 bridgehead atoms. The predicted octanol–water partition coefficient (Wildman–Crippen LogP) is 1.76. The Morgan fingerprint density at radius 1 is 1.57 bits per heavy atom. The maximum atomic E-state index is 11.0. The third-order valence-electron chi connectivity index (χ3n) is 1.77. The van der Waals surface area contributed by atoms with Gasteiger partial charge in [0.05, 0.1) is 10.5 Å². The summed E-state index contributed by atoms with van der Waals surface area (Å²) in [7, 11) is 0. The van der Waals surface area contributed by atoms with Crippen LogP contribution in [0.1, 0.15) is 15.9 Å². The molecule has 1 aromatic carbocycles. The van der Waals surface area contributed by atoms with E-state index in [0.717, 1.165) is 0 Å². The van der Waals surface area contributed by atoms with Gasteiger partial charge in [-0.1, -0.05) is 6.07 Å². The van der Waals surface area contributed by atoms with Crippen molar-refractivity contribution in [2.75, 3.05) is 0 Å². The molecule has 0 heterocycles. The van der Waals surface area contributed by atoms with E-state index in [9.17, 15) is 14.9 Å². The summed E-state index contributed by atoms with van der Waals surface area (Å²) in [6.45, 7) is 1.66. The van der Waals surface area contributed by atoms with Gasteiger partial charge in [0.15, 0.2) is 0 Å². The highest BCUT2D eigenvalue weighted by atomic mass is 79.9. The first-order chi connectivity index (χ1) is 6.45. The summed E-state index contributed by atoms with van der Waals surface area (Å²) in [6, 6.07) is 2.81. The van der Waals surface area contributed by atoms with Crippen LogP contribution in [0.15, 0.2) is 16.6 Å². The Hall–Kier alpha value is -1.43. The topological polar surface area (TPSA) is 86.2 Å². The Labute approximate surface area is 88.2 Å². The van der Waals surface area contributed by atoms with Gasteiger partial charge in [-0.3, -0.25) is 14.9 Å². The number of hydrogen-bond donors (Lipinski definition) is 1. The summed E-state index contributed by atoms with van der Waals surface area (Å²) in [4.78, 5) is 20.9. The van der Waals surface area contributed by atoms with Gasteiger partial charge in [0.2, 0.25) is 5.91 Å². The van der Waals surface area contributed by atoms with Crippen LogP contribution in [0.5, 0.6) is 0 Å². The molecule has 0 aliphatic rings. The number of nitrogens with zero attached hydrogens (tertiary/aromatic N) is 1. The Bertz CT molecular complexity index is 417. The average molecular weight is 259 g/mol. The molecule has 0 aliphatic heterocycles. The third-order valence-corrected chi connectivity index (χ3v) is 2.58. The Morgan fingerprint density at radius 3 is 2.57 bits per heavy atom. The van der Waals surface area contributed by atoms with Gasteiger partial charge in [-0.2, -0.15) is 0 Å². The number of nitro groups is 1. The lowest BCUT2D eigenvalue weighted by atomic mass is 10.1. The summed E-state index contributed by atoms with van der Waals surface area (Å²) in [5.41, 5.74) is 5.69. The molecule has 14 heavy (non-hydrogen) atoms. The Kier molecular flexibility index (Phi) is 2.85. The zero-order chi connectivity index (χ0) is 10.9. The van der Waals surface area contributed by atoms with Crippen molar-refractivity contribution in [3.05, 3.63) is 37.8 Å². The second kappa shape index (κ2) is 3.75. The lowest BCUT2D eigenvalue weighted by Crippen LogP contribution is -2.14. The monoisotopic (exact) mass is 258 g/mol. The van der Waals surface area contributed by atoms with Crippen molar-refractivity contribution in [1.82, 2.24) is 0 Å². The Morgan fingerprint density at radius 2 is 2.14 bits per heavy atom. The first-order valence-electron chi connectivity index (χ1n) is 3.68. The van der Waals surface area contributed by atoms with E-state index in [1.54, 1.807) is 6.92 Å². The van der Waals surface area contributed by atoms with Crippen LogP contribution in [0.25, 0.3) is 0 Å². The van der Waals surface area contributed by atoms with Gasteiger partial charge in [0, 0.05) is 6.07 Å². The van der Waals surface area contributed by atoms with E-state index >= 15 is 0 Å². The summed E-state index contributed by atoms with van der Waals surface area (Å²) in [6.07, 6.45) is 0. The fourth-order valence-electron chi connectivity index (χ4n) is 1.11. The van der Waals surface area contributed by atoms with Crippen LogP contribution in [-0.2, 0) is 0 Å². The van der Waals surface area contributed by atoms with Crippen LogP contribution in [0, 0.1) is 17.0 Å². The highest BCUT2D eigenvalue weighted by Gasteiger charge is 2.19. The molecule has 0 unspecified atom stereocenters. The molecule has 1 aromatic rings. The minimum absolute atomic E-state index is 0.134. The van der Waals surface area contributed by atoms with E-state index in [2.05, 4.69) is 15.9 Å². The van der Waals surface area contributed by atoms with E-state index in [4.69, 9.17) is 5.73 Å². The number of nitro benzene ring substituents is 1. The molecule has 0 radical (unpaired) electrons. The van der Waals surface area contributed by atoms with Crippen molar-refractivity contribution in [2.24, 2.45) is 5.73 Å². The van der Waals surface area contributed by atoms with Gasteiger partial charge in [-0.05, 0) is 28.4 Å². The molecule has 2 N–H and O–H groups in total. The third kappa shape index (κ3) is 1.74. The van der Waals surface area contributed by atoms with Gasteiger partial charge >= 0.3 is 0 Å². The largest absolute Gasteiger partial charge is 0.366 e. The zero-order valence-corrected chi connectivity index (χ0v) is 8.87. The predicted molar refractivity (Wildman–Crippen MR) is 54.1 cm³/mol. The van der Waals surface area contributed by atoms with Gasteiger partial charge in [0.25, 0.3) is 5.69 Å². The minimum Gasteiger partial charge on any atom is -0.366 e. The number of hydrogen-bond acceptors (Lipinski definition) is 3. The number of primary amides is 1. The summed E-state index contributed by atoms with van der Waals surface area (Å²) in [5.74, 6) is -0.682. The van der Waals surface area contributed by atoms with Gasteiger partial charge < -0.3 is 5.73 Å². The number of aryl methyl sites for hydroxylation is 1. The SMILES string of the molecule is Cc1ccc([N+](=O)[O-])c(Br)c1C(N)=O. The second-order valence-electron chi connectivity index (χ2n) is 2.71.